The SMILES string of the molecule is CCCCn1c(N)c(N(C)C(=O)c2ccc3nc(C(F)F)[nH]c3c2)c(=O)[nH]c1=O. The van der Waals surface area contributed by atoms with E-state index in [-0.39, 0.29) is 28.1 Å². The molecule has 0 radical (unpaired) electrons. The molecule has 3 aromatic rings. The summed E-state index contributed by atoms with van der Waals surface area (Å²) in [6.07, 6.45) is -1.30. The van der Waals surface area contributed by atoms with Gasteiger partial charge in [-0.15, -0.1) is 0 Å². The Kier molecular flexibility index (Phi) is 5.48. The second-order valence-corrected chi connectivity index (χ2v) is 6.52. The zero-order valence-electron chi connectivity index (χ0n) is 15.8. The van der Waals surface area contributed by atoms with Crippen LogP contribution in [0.2, 0.25) is 0 Å². The van der Waals surface area contributed by atoms with Crippen LogP contribution in [0, 0.1) is 0 Å². The highest BCUT2D eigenvalue weighted by molar-refractivity contribution is 6.08. The lowest BCUT2D eigenvalue weighted by Crippen LogP contribution is -2.39. The number of anilines is 2. The minimum absolute atomic E-state index is 0.120. The number of imidazole rings is 1. The van der Waals surface area contributed by atoms with Gasteiger partial charge in [-0.1, -0.05) is 13.3 Å². The predicted molar refractivity (Wildman–Crippen MR) is 104 cm³/mol. The van der Waals surface area contributed by atoms with Crippen LogP contribution in [0.1, 0.15) is 42.4 Å². The van der Waals surface area contributed by atoms with Crippen LogP contribution in [-0.4, -0.2) is 32.5 Å². The van der Waals surface area contributed by atoms with Crippen molar-refractivity contribution < 1.29 is 13.6 Å². The summed E-state index contributed by atoms with van der Waals surface area (Å²) in [6, 6.07) is 4.20. The van der Waals surface area contributed by atoms with Crippen LogP contribution >= 0.6 is 0 Å². The number of aromatic nitrogens is 4. The van der Waals surface area contributed by atoms with E-state index < -0.39 is 29.4 Å². The van der Waals surface area contributed by atoms with Gasteiger partial charge in [-0.05, 0) is 24.6 Å². The van der Waals surface area contributed by atoms with Gasteiger partial charge < -0.3 is 15.6 Å². The molecule has 2 heterocycles. The number of halogens is 2. The molecular formula is C18H20F2N6O3. The van der Waals surface area contributed by atoms with E-state index in [9.17, 15) is 23.2 Å². The van der Waals surface area contributed by atoms with Crippen molar-refractivity contribution in [2.24, 2.45) is 0 Å². The molecule has 154 valence electrons. The molecule has 3 rings (SSSR count). The molecule has 0 fully saturated rings. The molecule has 0 bridgehead atoms. The van der Waals surface area contributed by atoms with Crippen molar-refractivity contribution in [2.75, 3.05) is 17.7 Å². The molecule has 1 aromatic carbocycles. The van der Waals surface area contributed by atoms with E-state index in [1.807, 2.05) is 6.92 Å². The summed E-state index contributed by atoms with van der Waals surface area (Å²) < 4.78 is 26.8. The third-order valence-corrected chi connectivity index (χ3v) is 4.54. The van der Waals surface area contributed by atoms with E-state index in [1.54, 1.807) is 0 Å². The number of carbonyl (C=O) groups excluding carboxylic acids is 1. The Balaban J connectivity index is 2.01. The second-order valence-electron chi connectivity index (χ2n) is 6.52. The first-order valence-corrected chi connectivity index (χ1v) is 8.93. The summed E-state index contributed by atoms with van der Waals surface area (Å²) in [6.45, 7) is 2.23. The molecule has 0 aliphatic rings. The van der Waals surface area contributed by atoms with E-state index in [1.165, 1.54) is 29.8 Å². The molecule has 0 unspecified atom stereocenters. The molecule has 0 saturated carbocycles. The van der Waals surface area contributed by atoms with Crippen LogP contribution in [0.4, 0.5) is 20.3 Å². The predicted octanol–water partition coefficient (Wildman–Crippen LogP) is 2.01. The maximum absolute atomic E-state index is 12.9. The summed E-state index contributed by atoms with van der Waals surface area (Å²) >= 11 is 0. The van der Waals surface area contributed by atoms with Crippen molar-refractivity contribution in [3.8, 4) is 0 Å². The zero-order chi connectivity index (χ0) is 21.3. The summed E-state index contributed by atoms with van der Waals surface area (Å²) in [5.74, 6) is -1.22. The molecule has 4 N–H and O–H groups in total. The summed E-state index contributed by atoms with van der Waals surface area (Å²) in [7, 11) is 1.35. The van der Waals surface area contributed by atoms with Crippen molar-refractivity contribution in [3.05, 3.63) is 50.4 Å². The molecule has 0 aliphatic carbocycles. The maximum Gasteiger partial charge on any atom is 0.330 e. The number of carbonyl (C=O) groups is 1. The molecule has 2 aromatic heterocycles. The number of nitrogens with two attached hydrogens (primary N) is 1. The summed E-state index contributed by atoms with van der Waals surface area (Å²) in [4.78, 5) is 46.7. The quantitative estimate of drug-likeness (QED) is 0.577. The van der Waals surface area contributed by atoms with Crippen molar-refractivity contribution in [1.82, 2.24) is 19.5 Å². The molecule has 1 amide bonds. The van der Waals surface area contributed by atoms with Gasteiger partial charge in [0.2, 0.25) is 0 Å². The van der Waals surface area contributed by atoms with Crippen LogP contribution in [0.25, 0.3) is 11.0 Å². The largest absolute Gasteiger partial charge is 0.383 e. The lowest BCUT2D eigenvalue weighted by Gasteiger charge is -2.20. The molecular weight excluding hydrogens is 386 g/mol. The van der Waals surface area contributed by atoms with Gasteiger partial charge >= 0.3 is 5.69 Å². The van der Waals surface area contributed by atoms with Crippen molar-refractivity contribution >= 4 is 28.4 Å². The van der Waals surface area contributed by atoms with Crippen LogP contribution in [0.3, 0.4) is 0 Å². The van der Waals surface area contributed by atoms with E-state index >= 15 is 0 Å². The summed E-state index contributed by atoms with van der Waals surface area (Å²) in [5.41, 5.74) is 5.09. The third kappa shape index (κ3) is 3.75. The Hall–Kier alpha value is -3.50. The number of fused-ring (bicyclic) bond motifs is 1. The van der Waals surface area contributed by atoms with E-state index in [2.05, 4.69) is 15.0 Å². The van der Waals surface area contributed by atoms with Crippen molar-refractivity contribution in [2.45, 2.75) is 32.7 Å². The molecule has 0 aliphatic heterocycles. The Labute approximate surface area is 163 Å². The van der Waals surface area contributed by atoms with Crippen LogP contribution in [-0.2, 0) is 6.54 Å². The number of benzene rings is 1. The minimum Gasteiger partial charge on any atom is -0.383 e. The average Bonchev–Trinajstić information content (AvgIpc) is 3.10. The standard InChI is InChI=1S/C18H20F2N6O3/c1-3-4-7-26-14(21)12(16(27)24-18(26)29)25(2)17(28)9-5-6-10-11(8-9)23-15(22-10)13(19)20/h5-6,8,13H,3-4,7,21H2,1-2H3,(H,22,23)(H,24,27,29). The average molecular weight is 406 g/mol. The number of nitrogen functional groups attached to an aromatic ring is 1. The Morgan fingerprint density at radius 2 is 2.03 bits per heavy atom. The number of alkyl halides is 2. The highest BCUT2D eigenvalue weighted by atomic mass is 19.3. The van der Waals surface area contributed by atoms with E-state index in [0.29, 0.717) is 13.0 Å². The number of unbranched alkanes of at least 4 members (excludes halogenated alkanes) is 1. The molecule has 9 nitrogen and oxygen atoms in total. The topological polar surface area (TPSA) is 130 Å². The summed E-state index contributed by atoms with van der Waals surface area (Å²) in [5, 5.41) is 0. The smallest absolute Gasteiger partial charge is 0.330 e. The number of nitrogens with zero attached hydrogens (tertiary/aromatic N) is 3. The molecule has 29 heavy (non-hydrogen) atoms. The number of hydrogen-bond donors (Lipinski definition) is 3. The number of nitrogens with one attached hydrogen (secondary N) is 2. The van der Waals surface area contributed by atoms with Gasteiger partial charge in [0.25, 0.3) is 17.9 Å². The van der Waals surface area contributed by atoms with E-state index in [0.717, 1.165) is 11.3 Å². The van der Waals surface area contributed by atoms with Gasteiger partial charge in [-0.2, -0.15) is 0 Å². The van der Waals surface area contributed by atoms with Crippen LogP contribution < -0.4 is 21.9 Å². The van der Waals surface area contributed by atoms with Crippen LogP contribution in [0.5, 0.6) is 0 Å². The first-order chi connectivity index (χ1) is 13.7. The van der Waals surface area contributed by atoms with Gasteiger partial charge in [0.15, 0.2) is 11.5 Å². The molecule has 0 atom stereocenters. The lowest BCUT2D eigenvalue weighted by atomic mass is 10.1. The molecule has 0 saturated heterocycles. The maximum atomic E-state index is 12.9. The first kappa shape index (κ1) is 20.2. The Morgan fingerprint density at radius 1 is 1.31 bits per heavy atom. The highest BCUT2D eigenvalue weighted by Gasteiger charge is 2.23. The fourth-order valence-electron chi connectivity index (χ4n) is 3.00. The monoisotopic (exact) mass is 406 g/mol. The number of amides is 1. The zero-order valence-corrected chi connectivity index (χ0v) is 15.8. The fraction of sp³-hybridized carbons (Fsp3) is 0.333. The molecule has 0 spiro atoms. The van der Waals surface area contributed by atoms with Gasteiger partial charge in [0, 0.05) is 19.2 Å². The number of rotatable bonds is 6. The lowest BCUT2D eigenvalue weighted by molar-refractivity contribution is 0.0992. The van der Waals surface area contributed by atoms with Crippen molar-refractivity contribution in [3.63, 3.8) is 0 Å². The van der Waals surface area contributed by atoms with Gasteiger partial charge in [0.1, 0.15) is 5.82 Å². The molecule has 11 heteroatoms. The highest BCUT2D eigenvalue weighted by Crippen LogP contribution is 2.23. The normalized spacial score (nSPS) is 11.3. The Bertz CT molecular complexity index is 1180. The van der Waals surface area contributed by atoms with E-state index in [4.69, 9.17) is 5.73 Å². The van der Waals surface area contributed by atoms with Crippen LogP contribution in [0.15, 0.2) is 27.8 Å². The second kappa shape index (κ2) is 7.86. The fourth-order valence-corrected chi connectivity index (χ4v) is 3.00. The Morgan fingerprint density at radius 3 is 2.69 bits per heavy atom. The minimum atomic E-state index is -2.77. The first-order valence-electron chi connectivity index (χ1n) is 8.93. The number of hydrogen-bond acceptors (Lipinski definition) is 5. The number of H-pyrrole nitrogens is 2. The van der Waals surface area contributed by atoms with Gasteiger partial charge in [-0.25, -0.2) is 18.6 Å². The van der Waals surface area contributed by atoms with Crippen molar-refractivity contribution in [1.29, 1.82) is 0 Å². The third-order valence-electron chi connectivity index (χ3n) is 4.54. The number of aromatic amines is 2. The van der Waals surface area contributed by atoms with Gasteiger partial charge in [-0.3, -0.25) is 19.1 Å². The van der Waals surface area contributed by atoms with Gasteiger partial charge in [0.05, 0.1) is 11.0 Å².